The molecule has 3 fully saturated rings. The van der Waals surface area contributed by atoms with E-state index in [2.05, 4.69) is 30.3 Å². The molecule has 4 rings (SSSR count). The molecule has 2 spiro atoms. The number of ether oxygens (including phenoxy) is 3. The summed E-state index contributed by atoms with van der Waals surface area (Å²) in [6, 6.07) is 10.6. The third-order valence-electron chi connectivity index (χ3n) is 5.16. The summed E-state index contributed by atoms with van der Waals surface area (Å²) < 4.78 is 18.1. The predicted molar refractivity (Wildman–Crippen MR) is 75.3 cm³/mol. The van der Waals surface area contributed by atoms with Gasteiger partial charge in [0.1, 0.15) is 0 Å². The van der Waals surface area contributed by atoms with Crippen LogP contribution < -0.4 is 0 Å². The van der Waals surface area contributed by atoms with Crippen LogP contribution in [0.2, 0.25) is 0 Å². The van der Waals surface area contributed by atoms with Crippen molar-refractivity contribution in [2.45, 2.75) is 56.0 Å². The minimum absolute atomic E-state index is 0.0705. The monoisotopic (exact) mass is 274 g/mol. The molecule has 0 bridgehead atoms. The molecule has 3 nitrogen and oxygen atoms in total. The Morgan fingerprint density at radius 1 is 0.850 bits per heavy atom. The second kappa shape index (κ2) is 4.83. The van der Waals surface area contributed by atoms with Crippen LogP contribution in [-0.2, 0) is 14.2 Å². The zero-order chi connectivity index (χ0) is 13.5. The summed E-state index contributed by atoms with van der Waals surface area (Å²) in [5.74, 6) is -0.278. The third-order valence-corrected chi connectivity index (χ3v) is 5.16. The van der Waals surface area contributed by atoms with Crippen LogP contribution >= 0.6 is 0 Å². The average molecular weight is 274 g/mol. The summed E-state index contributed by atoms with van der Waals surface area (Å²) in [4.78, 5) is 0. The summed E-state index contributed by atoms with van der Waals surface area (Å²) in [7, 11) is 0. The molecule has 1 aromatic carbocycles. The molecule has 0 N–H and O–H groups in total. The van der Waals surface area contributed by atoms with Gasteiger partial charge < -0.3 is 14.2 Å². The van der Waals surface area contributed by atoms with E-state index in [1.807, 2.05) is 0 Å². The summed E-state index contributed by atoms with van der Waals surface area (Å²) >= 11 is 0. The molecule has 108 valence electrons. The van der Waals surface area contributed by atoms with Gasteiger partial charge in [0.15, 0.2) is 5.79 Å². The molecule has 2 saturated heterocycles. The zero-order valence-corrected chi connectivity index (χ0v) is 11.8. The molecule has 1 unspecified atom stereocenters. The minimum Gasteiger partial charge on any atom is -0.367 e. The van der Waals surface area contributed by atoms with Crippen molar-refractivity contribution in [1.82, 2.24) is 0 Å². The Labute approximate surface area is 120 Å². The van der Waals surface area contributed by atoms with Crippen LogP contribution in [0.25, 0.3) is 0 Å². The predicted octanol–water partition coefficient (Wildman–Crippen LogP) is 3.59. The topological polar surface area (TPSA) is 27.7 Å². The lowest BCUT2D eigenvalue weighted by atomic mass is 9.79. The Hall–Kier alpha value is -0.900. The molecule has 2 aliphatic heterocycles. The quantitative estimate of drug-likeness (QED) is 0.783. The lowest BCUT2D eigenvalue weighted by Gasteiger charge is -2.41. The Morgan fingerprint density at radius 3 is 2.25 bits per heavy atom. The molecule has 2 heterocycles. The van der Waals surface area contributed by atoms with Gasteiger partial charge in [0.2, 0.25) is 0 Å². The largest absolute Gasteiger partial charge is 0.367 e. The maximum atomic E-state index is 6.47. The van der Waals surface area contributed by atoms with Crippen molar-refractivity contribution in [3.63, 3.8) is 0 Å². The van der Waals surface area contributed by atoms with Crippen LogP contribution in [0.15, 0.2) is 30.3 Å². The van der Waals surface area contributed by atoms with Gasteiger partial charge in [0.05, 0.1) is 24.9 Å². The maximum absolute atomic E-state index is 6.47. The highest BCUT2D eigenvalue weighted by Gasteiger charge is 2.49. The first-order valence-electron chi connectivity index (χ1n) is 7.80. The first kappa shape index (κ1) is 12.8. The van der Waals surface area contributed by atoms with Crippen LogP contribution in [-0.4, -0.2) is 24.6 Å². The average Bonchev–Trinajstić information content (AvgIpc) is 3.12. The van der Waals surface area contributed by atoms with Gasteiger partial charge in [0.25, 0.3) is 0 Å². The van der Waals surface area contributed by atoms with E-state index in [-0.39, 0.29) is 17.5 Å². The molecular weight excluding hydrogens is 252 g/mol. The summed E-state index contributed by atoms with van der Waals surface area (Å²) in [6.45, 7) is 1.50. The fourth-order valence-electron chi connectivity index (χ4n) is 3.96. The van der Waals surface area contributed by atoms with Crippen molar-refractivity contribution in [3.05, 3.63) is 35.9 Å². The van der Waals surface area contributed by atoms with Crippen LogP contribution in [0.5, 0.6) is 0 Å². The number of benzene rings is 1. The summed E-state index contributed by atoms with van der Waals surface area (Å²) in [6.07, 6.45) is 6.67. The maximum Gasteiger partial charge on any atom is 0.168 e. The number of rotatable bonds is 1. The first-order chi connectivity index (χ1) is 9.79. The molecular formula is C17H22O3. The van der Waals surface area contributed by atoms with E-state index < -0.39 is 0 Å². The van der Waals surface area contributed by atoms with Crippen molar-refractivity contribution in [1.29, 1.82) is 0 Å². The fourth-order valence-corrected chi connectivity index (χ4v) is 3.96. The lowest BCUT2D eigenvalue weighted by Crippen LogP contribution is -2.43. The van der Waals surface area contributed by atoms with Crippen LogP contribution in [0, 0.1) is 0 Å². The van der Waals surface area contributed by atoms with Gasteiger partial charge in [-0.15, -0.1) is 0 Å². The molecule has 1 saturated carbocycles. The first-order valence-corrected chi connectivity index (χ1v) is 7.80. The molecule has 3 aliphatic rings. The highest BCUT2D eigenvalue weighted by molar-refractivity contribution is 5.19. The summed E-state index contributed by atoms with van der Waals surface area (Å²) in [5, 5.41) is 0. The SMILES string of the molecule is c1ccc(C2CCC3(CCC4(CC3)OCCO4)O2)cc1. The van der Waals surface area contributed by atoms with E-state index in [1.54, 1.807) is 0 Å². The molecule has 1 atom stereocenters. The Bertz CT molecular complexity index is 454. The van der Waals surface area contributed by atoms with Gasteiger partial charge in [0, 0.05) is 12.8 Å². The minimum atomic E-state index is -0.278. The van der Waals surface area contributed by atoms with Crippen LogP contribution in [0.1, 0.15) is 50.2 Å². The smallest absolute Gasteiger partial charge is 0.168 e. The summed E-state index contributed by atoms with van der Waals surface area (Å²) in [5.41, 5.74) is 1.39. The third kappa shape index (κ3) is 2.18. The molecule has 0 aromatic heterocycles. The van der Waals surface area contributed by atoms with Crippen molar-refractivity contribution >= 4 is 0 Å². The second-order valence-corrected chi connectivity index (χ2v) is 6.35. The Balaban J connectivity index is 1.43. The van der Waals surface area contributed by atoms with Crippen molar-refractivity contribution in [2.75, 3.05) is 13.2 Å². The van der Waals surface area contributed by atoms with Gasteiger partial charge >= 0.3 is 0 Å². The van der Waals surface area contributed by atoms with Crippen LogP contribution in [0.4, 0.5) is 0 Å². The van der Waals surface area contributed by atoms with Gasteiger partial charge in [-0.05, 0) is 31.2 Å². The molecule has 1 aliphatic carbocycles. The molecule has 1 aromatic rings. The molecule has 3 heteroatoms. The van der Waals surface area contributed by atoms with Crippen LogP contribution in [0.3, 0.4) is 0 Å². The Kier molecular flexibility index (Phi) is 3.09. The van der Waals surface area contributed by atoms with E-state index in [9.17, 15) is 0 Å². The standard InChI is InChI=1S/C17H22O3/c1-2-4-14(5-3-1)15-6-7-16(20-15)8-10-17(11-9-16)18-12-13-19-17/h1-5,15H,6-13H2. The second-order valence-electron chi connectivity index (χ2n) is 6.35. The van der Waals surface area contributed by atoms with Crippen molar-refractivity contribution < 1.29 is 14.2 Å². The fraction of sp³-hybridized carbons (Fsp3) is 0.647. The zero-order valence-electron chi connectivity index (χ0n) is 11.8. The van der Waals surface area contributed by atoms with Gasteiger partial charge in [-0.2, -0.15) is 0 Å². The van der Waals surface area contributed by atoms with Gasteiger partial charge in [-0.25, -0.2) is 0 Å². The molecule has 0 amide bonds. The van der Waals surface area contributed by atoms with Crippen molar-refractivity contribution in [2.24, 2.45) is 0 Å². The van der Waals surface area contributed by atoms with Gasteiger partial charge in [-0.3, -0.25) is 0 Å². The highest BCUT2D eigenvalue weighted by Crippen LogP contribution is 2.50. The van der Waals surface area contributed by atoms with E-state index in [1.165, 1.54) is 12.0 Å². The van der Waals surface area contributed by atoms with Gasteiger partial charge in [-0.1, -0.05) is 30.3 Å². The van der Waals surface area contributed by atoms with E-state index in [0.717, 1.165) is 45.3 Å². The lowest BCUT2D eigenvalue weighted by molar-refractivity contribution is -0.208. The van der Waals surface area contributed by atoms with E-state index in [0.29, 0.717) is 0 Å². The number of hydrogen-bond acceptors (Lipinski definition) is 3. The normalized spacial score (nSPS) is 31.1. The Morgan fingerprint density at radius 2 is 1.55 bits per heavy atom. The van der Waals surface area contributed by atoms with Crippen molar-refractivity contribution in [3.8, 4) is 0 Å². The molecule has 0 radical (unpaired) electrons. The van der Waals surface area contributed by atoms with E-state index in [4.69, 9.17) is 14.2 Å². The highest BCUT2D eigenvalue weighted by atomic mass is 16.7. The van der Waals surface area contributed by atoms with E-state index >= 15 is 0 Å². The number of hydrogen-bond donors (Lipinski definition) is 0. The molecule has 20 heavy (non-hydrogen) atoms.